The summed E-state index contributed by atoms with van der Waals surface area (Å²) in [6.45, 7) is 0. The van der Waals surface area contributed by atoms with Crippen molar-refractivity contribution in [2.24, 2.45) is 10.1 Å². The number of benzene rings is 1. The second-order valence-electron chi connectivity index (χ2n) is 6.55. The quantitative estimate of drug-likeness (QED) is 0.612. The second-order valence-corrected chi connectivity index (χ2v) is 8.63. The fourth-order valence-corrected chi connectivity index (χ4v) is 4.89. The molecule has 0 saturated carbocycles. The van der Waals surface area contributed by atoms with Crippen LogP contribution in [0.1, 0.15) is 10.6 Å². The average molecular weight is 436 g/mol. The maximum atomic E-state index is 13.6. The molecule has 4 heterocycles. The molecular weight excluding hydrogens is 421 g/mol. The average Bonchev–Trinajstić information content (AvgIpc) is 3.46. The Labute approximate surface area is 179 Å². The van der Waals surface area contributed by atoms with Crippen LogP contribution in [0.15, 0.2) is 75.8 Å². The van der Waals surface area contributed by atoms with Gasteiger partial charge in [0, 0.05) is 28.9 Å². The van der Waals surface area contributed by atoms with E-state index in [2.05, 4.69) is 10.1 Å². The van der Waals surface area contributed by atoms with E-state index in [4.69, 9.17) is 5.41 Å². The van der Waals surface area contributed by atoms with Crippen LogP contribution in [0.2, 0.25) is 0 Å². The van der Waals surface area contributed by atoms with Crippen molar-refractivity contribution >= 4 is 51.1 Å². The summed E-state index contributed by atoms with van der Waals surface area (Å²) >= 11 is 2.94. The zero-order valence-corrected chi connectivity index (χ0v) is 17.1. The Balaban J connectivity index is 1.47. The van der Waals surface area contributed by atoms with Gasteiger partial charge in [-0.2, -0.15) is 15.1 Å². The summed E-state index contributed by atoms with van der Waals surface area (Å²) in [6, 6.07) is 13.8. The first-order valence-electron chi connectivity index (χ1n) is 9.03. The molecule has 2 aromatic heterocycles. The SMILES string of the molecule is N=C1/C(=C/c2cccn2-c2cccc(F)c2)C(=O)N=C2SC(Cc3cccs3)=NN12. The highest BCUT2D eigenvalue weighted by Gasteiger charge is 2.35. The summed E-state index contributed by atoms with van der Waals surface area (Å²) in [5.74, 6) is -0.860. The first-order valence-corrected chi connectivity index (χ1v) is 10.7. The minimum Gasteiger partial charge on any atom is -0.317 e. The van der Waals surface area contributed by atoms with Crippen LogP contribution < -0.4 is 0 Å². The molecule has 0 saturated heterocycles. The number of hydrazone groups is 1. The van der Waals surface area contributed by atoms with Crippen molar-refractivity contribution in [3.8, 4) is 5.69 Å². The highest BCUT2D eigenvalue weighted by atomic mass is 32.2. The number of rotatable bonds is 4. The van der Waals surface area contributed by atoms with E-state index >= 15 is 0 Å². The number of hydrogen-bond acceptors (Lipinski definition) is 5. The number of amidine groups is 2. The van der Waals surface area contributed by atoms with E-state index in [-0.39, 0.29) is 17.2 Å². The highest BCUT2D eigenvalue weighted by Crippen LogP contribution is 2.30. The van der Waals surface area contributed by atoms with Gasteiger partial charge in [-0.15, -0.1) is 11.3 Å². The van der Waals surface area contributed by atoms with Gasteiger partial charge in [0.2, 0.25) is 5.17 Å². The molecule has 1 aromatic carbocycles. The lowest BCUT2D eigenvalue weighted by Crippen LogP contribution is -2.35. The predicted molar refractivity (Wildman–Crippen MR) is 119 cm³/mol. The maximum absolute atomic E-state index is 13.6. The standard InChI is InChI=1S/C21H14FN5OS2/c22-13-4-1-5-14(10-13)26-8-2-6-15(26)11-17-19(23)27-21(24-20(17)28)30-18(25-27)12-16-7-3-9-29-16/h1-11,23H,12H2/b17-11-,23-19?. The number of thioether (sulfide) groups is 1. The van der Waals surface area contributed by atoms with Gasteiger partial charge < -0.3 is 4.57 Å². The first-order chi connectivity index (χ1) is 14.6. The van der Waals surface area contributed by atoms with Crippen LogP contribution in [-0.4, -0.2) is 31.5 Å². The van der Waals surface area contributed by atoms with Crippen molar-refractivity contribution < 1.29 is 9.18 Å². The Morgan fingerprint density at radius 3 is 2.87 bits per heavy atom. The van der Waals surface area contributed by atoms with Gasteiger partial charge in [0.15, 0.2) is 5.84 Å². The molecule has 0 atom stereocenters. The smallest absolute Gasteiger partial charge is 0.283 e. The minimum atomic E-state index is -0.488. The molecule has 2 aliphatic rings. The summed E-state index contributed by atoms with van der Waals surface area (Å²) in [5, 5.41) is 17.6. The Bertz CT molecular complexity index is 1260. The van der Waals surface area contributed by atoms with E-state index in [1.165, 1.54) is 28.9 Å². The van der Waals surface area contributed by atoms with Gasteiger partial charge in [-0.3, -0.25) is 10.2 Å². The van der Waals surface area contributed by atoms with E-state index < -0.39 is 5.91 Å². The van der Waals surface area contributed by atoms with Crippen molar-refractivity contribution in [2.45, 2.75) is 6.42 Å². The number of amides is 1. The first kappa shape index (κ1) is 18.7. The van der Waals surface area contributed by atoms with Crippen LogP contribution in [0.25, 0.3) is 11.8 Å². The van der Waals surface area contributed by atoms with E-state index in [0.29, 0.717) is 23.0 Å². The van der Waals surface area contributed by atoms with Crippen molar-refractivity contribution in [3.05, 3.63) is 82.1 Å². The zero-order chi connectivity index (χ0) is 20.7. The third kappa shape index (κ3) is 3.42. The molecule has 3 aromatic rings. The summed E-state index contributed by atoms with van der Waals surface area (Å²) in [6.07, 6.45) is 4.00. The Kier molecular flexibility index (Phi) is 4.68. The molecule has 5 rings (SSSR count). The molecule has 148 valence electrons. The number of thiophene rings is 1. The molecule has 0 radical (unpaired) electrons. The molecule has 2 aliphatic heterocycles. The number of aliphatic imine (C=N–C) groups is 1. The van der Waals surface area contributed by atoms with Crippen molar-refractivity contribution in [2.75, 3.05) is 0 Å². The van der Waals surface area contributed by atoms with Gasteiger partial charge in [-0.1, -0.05) is 12.1 Å². The zero-order valence-electron chi connectivity index (χ0n) is 15.4. The number of aromatic nitrogens is 1. The van der Waals surface area contributed by atoms with Crippen LogP contribution in [0.4, 0.5) is 4.39 Å². The van der Waals surface area contributed by atoms with Crippen LogP contribution in [-0.2, 0) is 11.2 Å². The lowest BCUT2D eigenvalue weighted by atomic mass is 10.1. The number of hydrogen-bond donors (Lipinski definition) is 1. The molecule has 6 nitrogen and oxygen atoms in total. The molecule has 0 bridgehead atoms. The van der Waals surface area contributed by atoms with Gasteiger partial charge in [0.25, 0.3) is 5.91 Å². The Morgan fingerprint density at radius 1 is 1.17 bits per heavy atom. The molecule has 30 heavy (non-hydrogen) atoms. The third-order valence-corrected chi connectivity index (χ3v) is 6.35. The monoisotopic (exact) mass is 435 g/mol. The number of carbonyl (C=O) groups is 1. The summed E-state index contributed by atoms with van der Waals surface area (Å²) in [5.41, 5.74) is 1.40. The van der Waals surface area contributed by atoms with E-state index in [9.17, 15) is 9.18 Å². The minimum absolute atomic E-state index is 0.0225. The molecule has 0 aliphatic carbocycles. The number of fused-ring (bicyclic) bond motifs is 1. The van der Waals surface area contributed by atoms with E-state index in [1.807, 2.05) is 17.5 Å². The normalized spacial score (nSPS) is 17.4. The molecule has 0 unspecified atom stereocenters. The topological polar surface area (TPSA) is 73.8 Å². The van der Waals surface area contributed by atoms with E-state index in [0.717, 1.165) is 9.92 Å². The molecular formula is C21H14FN5OS2. The van der Waals surface area contributed by atoms with Gasteiger partial charge in [-0.25, -0.2) is 4.39 Å². The predicted octanol–water partition coefficient (Wildman–Crippen LogP) is 4.54. The van der Waals surface area contributed by atoms with Gasteiger partial charge in [0.05, 0.1) is 5.57 Å². The molecule has 0 spiro atoms. The van der Waals surface area contributed by atoms with Crippen LogP contribution in [0.3, 0.4) is 0 Å². The van der Waals surface area contributed by atoms with Crippen molar-refractivity contribution in [1.82, 2.24) is 9.58 Å². The van der Waals surface area contributed by atoms with Crippen LogP contribution in [0.5, 0.6) is 0 Å². The van der Waals surface area contributed by atoms with Crippen molar-refractivity contribution in [1.29, 1.82) is 5.41 Å². The lowest BCUT2D eigenvalue weighted by Gasteiger charge is -2.20. The largest absolute Gasteiger partial charge is 0.317 e. The van der Waals surface area contributed by atoms with Crippen molar-refractivity contribution in [3.63, 3.8) is 0 Å². The number of nitrogens with one attached hydrogen (secondary N) is 1. The fourth-order valence-electron chi connectivity index (χ4n) is 3.19. The second kappa shape index (κ2) is 7.51. The third-order valence-electron chi connectivity index (χ3n) is 4.56. The number of halogens is 1. The molecule has 1 N–H and O–H groups in total. The molecule has 1 amide bonds. The number of nitrogens with zero attached hydrogens (tertiary/aromatic N) is 4. The Morgan fingerprint density at radius 2 is 2.07 bits per heavy atom. The summed E-state index contributed by atoms with van der Waals surface area (Å²) < 4.78 is 15.4. The van der Waals surface area contributed by atoms with Gasteiger partial charge >= 0.3 is 0 Å². The fraction of sp³-hybridized carbons (Fsp3) is 0.0476. The Hall–Kier alpha value is -3.30. The van der Waals surface area contributed by atoms with E-state index in [1.54, 1.807) is 52.4 Å². The summed E-state index contributed by atoms with van der Waals surface area (Å²) in [4.78, 5) is 17.9. The summed E-state index contributed by atoms with van der Waals surface area (Å²) in [7, 11) is 0. The molecule has 0 fully saturated rings. The van der Waals surface area contributed by atoms with Gasteiger partial charge in [0.1, 0.15) is 10.9 Å². The molecule has 9 heteroatoms. The maximum Gasteiger partial charge on any atom is 0.283 e. The highest BCUT2D eigenvalue weighted by molar-refractivity contribution is 8.27. The lowest BCUT2D eigenvalue weighted by molar-refractivity contribution is -0.114. The van der Waals surface area contributed by atoms with Crippen LogP contribution >= 0.6 is 23.1 Å². The van der Waals surface area contributed by atoms with Gasteiger partial charge in [-0.05, 0) is 59.6 Å². The number of carbonyl (C=O) groups excluding carboxylic acids is 1. The van der Waals surface area contributed by atoms with Crippen LogP contribution in [0, 0.1) is 11.2 Å².